The standard InChI is InChI=1S/C39H45N9O12S2/c1-37(2,3)58-35(52)40-19-25-20-47(46-44-25)21-27-29(32(50)48(27)62(54,55)56)42-31(49)28(26-22-61-34(41-26)43-36(53)59-38(4,5)6)45-60-39(17-18-39)33(51)57-30(23-13-9-7-10-14-23)24-15-11-8-12-16-24/h7-16,20,22,27,29-30H,17-19,21H2,1-6H3,(H,40,52)(H,42,49)(H,41,43,53)(H,54,55,56)/b45-28+/t27-,29+/m1/s1. The molecule has 1 aliphatic heterocycles. The number of β-lactam (4-membered cyclic amide) rings is 1. The second-order valence-electron chi connectivity index (χ2n) is 16.2. The lowest BCUT2D eigenvalue weighted by Crippen LogP contribution is -2.73. The van der Waals surface area contributed by atoms with Gasteiger partial charge in [-0.05, 0) is 52.7 Å². The van der Waals surface area contributed by atoms with Crippen LogP contribution in [0.2, 0.25) is 0 Å². The summed E-state index contributed by atoms with van der Waals surface area (Å²) in [6.07, 6.45) is -0.684. The number of carbonyl (C=O) groups excluding carboxylic acids is 5. The van der Waals surface area contributed by atoms with Crippen molar-refractivity contribution in [2.45, 2.75) is 102 Å². The van der Waals surface area contributed by atoms with E-state index >= 15 is 0 Å². The highest BCUT2D eigenvalue weighted by atomic mass is 32.2. The number of oxime groups is 1. The van der Waals surface area contributed by atoms with Gasteiger partial charge in [-0.1, -0.05) is 71.0 Å². The highest BCUT2D eigenvalue weighted by molar-refractivity contribution is 7.84. The number of ether oxygens (including phenoxy) is 3. The number of anilines is 1. The number of alkyl carbamates (subject to hydrolysis) is 1. The van der Waals surface area contributed by atoms with Crippen LogP contribution in [-0.4, -0.2) is 102 Å². The van der Waals surface area contributed by atoms with E-state index < -0.39 is 87.5 Å². The summed E-state index contributed by atoms with van der Waals surface area (Å²) in [5.74, 6) is -3.07. The van der Waals surface area contributed by atoms with Gasteiger partial charge in [-0.15, -0.1) is 16.4 Å². The van der Waals surface area contributed by atoms with E-state index in [-0.39, 0.29) is 40.2 Å². The van der Waals surface area contributed by atoms with Crippen molar-refractivity contribution in [3.8, 4) is 0 Å². The molecular weight excluding hydrogens is 851 g/mol. The molecule has 330 valence electrons. The maximum absolute atomic E-state index is 14.1. The van der Waals surface area contributed by atoms with Crippen molar-refractivity contribution < 1.29 is 56.0 Å². The molecule has 2 fully saturated rings. The molecule has 2 aliphatic rings. The van der Waals surface area contributed by atoms with Crippen molar-refractivity contribution in [3.63, 3.8) is 0 Å². The molecule has 0 radical (unpaired) electrons. The van der Waals surface area contributed by atoms with Gasteiger partial charge >= 0.3 is 28.5 Å². The molecule has 0 unspecified atom stereocenters. The van der Waals surface area contributed by atoms with Crippen LogP contribution in [0.25, 0.3) is 0 Å². The molecule has 23 heteroatoms. The van der Waals surface area contributed by atoms with Gasteiger partial charge in [-0.25, -0.2) is 28.4 Å². The van der Waals surface area contributed by atoms with E-state index in [1.165, 1.54) is 11.6 Å². The van der Waals surface area contributed by atoms with Gasteiger partial charge < -0.3 is 29.7 Å². The van der Waals surface area contributed by atoms with Gasteiger partial charge in [0.15, 0.2) is 16.9 Å². The average molecular weight is 896 g/mol. The van der Waals surface area contributed by atoms with E-state index in [0.29, 0.717) is 11.1 Å². The Morgan fingerprint density at radius 3 is 2.11 bits per heavy atom. The summed E-state index contributed by atoms with van der Waals surface area (Å²) >= 11 is 0.893. The Morgan fingerprint density at radius 1 is 0.952 bits per heavy atom. The topological polar surface area (TPSA) is 272 Å². The molecule has 21 nitrogen and oxygen atoms in total. The second kappa shape index (κ2) is 17.9. The van der Waals surface area contributed by atoms with Crippen LogP contribution in [0.1, 0.15) is 83.0 Å². The molecule has 6 rings (SSSR count). The lowest BCUT2D eigenvalue weighted by atomic mass is 9.98. The first-order valence-corrected chi connectivity index (χ1v) is 21.4. The van der Waals surface area contributed by atoms with Crippen LogP contribution in [-0.2, 0) is 56.8 Å². The number of aromatic nitrogens is 4. The molecule has 4 N–H and O–H groups in total. The molecular formula is C39H45N9O12S2. The van der Waals surface area contributed by atoms with Crippen molar-refractivity contribution in [2.24, 2.45) is 5.16 Å². The molecule has 0 spiro atoms. The number of nitrogens with one attached hydrogen (secondary N) is 3. The van der Waals surface area contributed by atoms with E-state index in [4.69, 9.17) is 19.0 Å². The van der Waals surface area contributed by atoms with Crippen LogP contribution in [0.15, 0.2) is 77.4 Å². The van der Waals surface area contributed by atoms with Crippen LogP contribution in [0.3, 0.4) is 0 Å². The Morgan fingerprint density at radius 2 is 1.55 bits per heavy atom. The molecule has 2 atom stereocenters. The molecule has 3 heterocycles. The molecule has 1 saturated carbocycles. The normalized spacial score (nSPS) is 17.4. The third-order valence-electron chi connectivity index (χ3n) is 8.86. The molecule has 0 bridgehead atoms. The van der Waals surface area contributed by atoms with E-state index in [2.05, 4.69) is 36.4 Å². The monoisotopic (exact) mass is 895 g/mol. The van der Waals surface area contributed by atoms with E-state index in [9.17, 15) is 36.9 Å². The number of carbonyl (C=O) groups is 5. The lowest BCUT2D eigenvalue weighted by Gasteiger charge is -2.43. The summed E-state index contributed by atoms with van der Waals surface area (Å²) < 4.78 is 52.4. The van der Waals surface area contributed by atoms with Crippen LogP contribution < -0.4 is 16.0 Å². The molecule has 2 aromatic carbocycles. The minimum Gasteiger partial charge on any atom is -0.450 e. The second-order valence-corrected chi connectivity index (χ2v) is 18.4. The highest BCUT2D eigenvalue weighted by Crippen LogP contribution is 2.43. The Bertz CT molecular complexity index is 2400. The fourth-order valence-electron chi connectivity index (χ4n) is 5.94. The van der Waals surface area contributed by atoms with Gasteiger partial charge in [0.05, 0.1) is 25.3 Å². The van der Waals surface area contributed by atoms with Gasteiger partial charge in [0, 0.05) is 18.2 Å². The number of amides is 4. The minimum atomic E-state index is -5.13. The van der Waals surface area contributed by atoms with Crippen LogP contribution >= 0.6 is 11.3 Å². The lowest BCUT2D eigenvalue weighted by molar-refractivity contribution is -0.164. The average Bonchev–Trinajstić information content (AvgIpc) is 3.61. The molecule has 4 aromatic rings. The van der Waals surface area contributed by atoms with Gasteiger partial charge in [0.25, 0.3) is 11.8 Å². The summed E-state index contributed by atoms with van der Waals surface area (Å²) in [6, 6.07) is 15.1. The number of thiazole rings is 1. The minimum absolute atomic E-state index is 0.0119. The fraction of sp³-hybridized carbons (Fsp3) is 0.410. The van der Waals surface area contributed by atoms with Crippen molar-refractivity contribution in [1.82, 2.24) is 34.9 Å². The maximum atomic E-state index is 14.1. The Kier molecular flexibility index (Phi) is 13.0. The van der Waals surface area contributed by atoms with Crippen molar-refractivity contribution in [3.05, 3.63) is 94.8 Å². The first kappa shape index (κ1) is 45.1. The van der Waals surface area contributed by atoms with E-state index in [1.807, 2.05) is 12.1 Å². The zero-order chi connectivity index (χ0) is 45.0. The first-order valence-electron chi connectivity index (χ1n) is 19.1. The smallest absolute Gasteiger partial charge is 0.413 e. The van der Waals surface area contributed by atoms with Gasteiger partial charge in [0.2, 0.25) is 5.60 Å². The van der Waals surface area contributed by atoms with Gasteiger partial charge in [-0.3, -0.25) is 19.5 Å². The number of esters is 1. The van der Waals surface area contributed by atoms with Crippen LogP contribution in [0.4, 0.5) is 14.7 Å². The predicted molar refractivity (Wildman–Crippen MR) is 220 cm³/mol. The number of hydrogen-bond donors (Lipinski definition) is 4. The zero-order valence-electron chi connectivity index (χ0n) is 34.4. The van der Waals surface area contributed by atoms with Crippen molar-refractivity contribution in [1.29, 1.82) is 0 Å². The van der Waals surface area contributed by atoms with Crippen LogP contribution in [0, 0.1) is 0 Å². The van der Waals surface area contributed by atoms with Crippen LogP contribution in [0.5, 0.6) is 0 Å². The largest absolute Gasteiger partial charge is 0.450 e. The van der Waals surface area contributed by atoms with Gasteiger partial charge in [0.1, 0.15) is 28.6 Å². The van der Waals surface area contributed by atoms with E-state index in [0.717, 1.165) is 16.0 Å². The Labute approximate surface area is 360 Å². The first-order chi connectivity index (χ1) is 29.1. The summed E-state index contributed by atoms with van der Waals surface area (Å²) in [6.45, 7) is 9.53. The maximum Gasteiger partial charge on any atom is 0.413 e. The summed E-state index contributed by atoms with van der Waals surface area (Å²) in [5.41, 5.74) is -2.32. The highest BCUT2D eigenvalue weighted by Gasteiger charge is 2.57. The summed E-state index contributed by atoms with van der Waals surface area (Å²) in [4.78, 5) is 75.9. The molecule has 1 saturated heterocycles. The third kappa shape index (κ3) is 11.5. The van der Waals surface area contributed by atoms with Crippen molar-refractivity contribution in [2.75, 3.05) is 5.32 Å². The number of benzene rings is 2. The fourth-order valence-corrected chi connectivity index (χ4v) is 7.49. The van der Waals surface area contributed by atoms with Gasteiger partial charge in [-0.2, -0.15) is 8.42 Å². The molecule has 2 aromatic heterocycles. The number of nitrogens with zero attached hydrogens (tertiary/aromatic N) is 6. The summed E-state index contributed by atoms with van der Waals surface area (Å²) in [5, 5.41) is 20.7. The summed E-state index contributed by atoms with van der Waals surface area (Å²) in [7, 11) is -5.13. The quantitative estimate of drug-likeness (QED) is 0.0329. The van der Waals surface area contributed by atoms with Crippen molar-refractivity contribution >= 4 is 62.5 Å². The van der Waals surface area contributed by atoms with E-state index in [1.54, 1.807) is 90.1 Å². The molecule has 4 amide bonds. The SMILES string of the molecule is CC(C)(C)OC(=O)NCc1cn(C[C@@H]2[C@H](NC(=O)/C(=N/OC3(C(=O)OC(c4ccccc4)c4ccccc4)CC3)c3csc(NC(=O)OC(C)(C)C)n3)C(=O)N2S(=O)(=O)O)nn1. The molecule has 1 aliphatic carbocycles. The Hall–Kier alpha value is -6.46. The number of hydrogen-bond acceptors (Lipinski definition) is 16. The zero-order valence-corrected chi connectivity index (χ0v) is 36.1. The molecule has 62 heavy (non-hydrogen) atoms. The predicted octanol–water partition coefficient (Wildman–Crippen LogP) is 3.89. The number of rotatable bonds is 15. The third-order valence-corrected chi connectivity index (χ3v) is 10.6. The Balaban J connectivity index is 1.24.